The second-order valence-electron chi connectivity index (χ2n) is 7.84. The number of nitrogens with zero attached hydrogens (tertiary/aromatic N) is 2. The molecular weight excluding hydrogens is 450 g/mol. The molecule has 176 valence electrons. The Morgan fingerprint density at radius 2 is 2.00 bits per heavy atom. The highest BCUT2D eigenvalue weighted by atomic mass is 32.2. The number of ether oxygens (including phenoxy) is 1. The average molecular weight is 482 g/mol. The van der Waals surface area contributed by atoms with E-state index < -0.39 is 21.9 Å². The summed E-state index contributed by atoms with van der Waals surface area (Å²) in [5, 5.41) is 4.87. The largest absolute Gasteiger partial charge is 0.462 e. The minimum absolute atomic E-state index is 0.00468. The smallest absolute Gasteiger partial charge is 0.341 e. The van der Waals surface area contributed by atoms with Crippen molar-refractivity contribution < 1.29 is 22.7 Å². The van der Waals surface area contributed by atoms with Crippen LogP contribution in [0.2, 0.25) is 0 Å². The minimum Gasteiger partial charge on any atom is -0.462 e. The molecule has 2 aromatic rings. The van der Waals surface area contributed by atoms with Gasteiger partial charge in [0, 0.05) is 35.9 Å². The van der Waals surface area contributed by atoms with Gasteiger partial charge in [-0.25, -0.2) is 13.2 Å². The van der Waals surface area contributed by atoms with E-state index in [-0.39, 0.29) is 29.5 Å². The lowest BCUT2D eigenvalue weighted by Crippen LogP contribution is -2.45. The van der Waals surface area contributed by atoms with E-state index in [0.717, 1.165) is 4.88 Å². The van der Waals surface area contributed by atoms with Crippen LogP contribution in [0.25, 0.3) is 0 Å². The van der Waals surface area contributed by atoms with Crippen LogP contribution in [0.5, 0.6) is 0 Å². The molecule has 1 aliphatic heterocycles. The number of esters is 1. The van der Waals surface area contributed by atoms with Gasteiger partial charge < -0.3 is 14.6 Å². The van der Waals surface area contributed by atoms with Crippen LogP contribution >= 0.6 is 11.3 Å². The fourth-order valence-electron chi connectivity index (χ4n) is 4.32. The van der Waals surface area contributed by atoms with E-state index in [2.05, 4.69) is 5.32 Å². The van der Waals surface area contributed by atoms with Gasteiger partial charge in [-0.2, -0.15) is 4.31 Å². The third kappa shape index (κ3) is 4.77. The Morgan fingerprint density at radius 1 is 1.25 bits per heavy atom. The highest BCUT2D eigenvalue weighted by Crippen LogP contribution is 2.32. The number of rotatable bonds is 8. The maximum absolute atomic E-state index is 13.7. The van der Waals surface area contributed by atoms with Crippen molar-refractivity contribution in [3.63, 3.8) is 0 Å². The van der Waals surface area contributed by atoms with Crippen LogP contribution < -0.4 is 5.32 Å². The van der Waals surface area contributed by atoms with Crippen molar-refractivity contribution in [2.24, 2.45) is 5.92 Å². The third-order valence-electron chi connectivity index (χ3n) is 5.89. The number of hydrogen-bond donors (Lipinski definition) is 1. The number of hydrogen-bond acceptors (Lipinski definition) is 6. The number of nitrogens with one attached hydrogen (secondary N) is 1. The lowest BCUT2D eigenvalue weighted by atomic mass is 9.99. The molecule has 1 aliphatic rings. The molecule has 1 saturated heterocycles. The van der Waals surface area contributed by atoms with Crippen molar-refractivity contribution in [1.82, 2.24) is 14.2 Å². The van der Waals surface area contributed by atoms with Gasteiger partial charge >= 0.3 is 5.97 Å². The maximum atomic E-state index is 13.7. The predicted octanol–water partition coefficient (Wildman–Crippen LogP) is 3.08. The summed E-state index contributed by atoms with van der Waals surface area (Å²) in [6, 6.07) is 3.87. The summed E-state index contributed by atoms with van der Waals surface area (Å²) < 4.78 is 35.7. The highest BCUT2D eigenvalue weighted by molar-refractivity contribution is 7.89. The zero-order valence-corrected chi connectivity index (χ0v) is 20.6. The zero-order chi connectivity index (χ0) is 23.5. The Labute approximate surface area is 193 Å². The molecule has 1 amide bonds. The van der Waals surface area contributed by atoms with Crippen molar-refractivity contribution in [3.05, 3.63) is 39.3 Å². The van der Waals surface area contributed by atoms with Crippen LogP contribution in [0.15, 0.2) is 22.4 Å². The monoisotopic (exact) mass is 481 g/mol. The van der Waals surface area contributed by atoms with E-state index in [1.807, 2.05) is 29.0 Å². The predicted molar refractivity (Wildman–Crippen MR) is 123 cm³/mol. The molecule has 32 heavy (non-hydrogen) atoms. The quantitative estimate of drug-likeness (QED) is 0.585. The van der Waals surface area contributed by atoms with Gasteiger partial charge in [0.1, 0.15) is 10.5 Å². The lowest BCUT2D eigenvalue weighted by Gasteiger charge is -2.31. The number of aromatic nitrogens is 1. The van der Waals surface area contributed by atoms with E-state index in [1.54, 1.807) is 32.1 Å². The molecule has 0 unspecified atom stereocenters. The first-order valence-corrected chi connectivity index (χ1v) is 13.2. The topological polar surface area (TPSA) is 97.7 Å². The van der Waals surface area contributed by atoms with Crippen LogP contribution in [-0.4, -0.2) is 48.9 Å². The third-order valence-corrected chi connectivity index (χ3v) is 8.80. The van der Waals surface area contributed by atoms with Gasteiger partial charge in [-0.1, -0.05) is 6.07 Å². The molecular formula is C22H31N3O5S2. The van der Waals surface area contributed by atoms with Gasteiger partial charge in [0.05, 0.1) is 19.1 Å². The molecule has 3 heterocycles. The average Bonchev–Trinajstić information content (AvgIpc) is 3.38. The van der Waals surface area contributed by atoms with Crippen LogP contribution in [0.1, 0.15) is 53.3 Å². The molecule has 2 aromatic heterocycles. The molecule has 10 heteroatoms. The summed E-state index contributed by atoms with van der Waals surface area (Å²) >= 11 is 1.56. The maximum Gasteiger partial charge on any atom is 0.341 e. The van der Waals surface area contributed by atoms with Crippen LogP contribution in [0, 0.1) is 19.8 Å². The first kappa shape index (κ1) is 24.5. The van der Waals surface area contributed by atoms with E-state index in [9.17, 15) is 18.0 Å². The van der Waals surface area contributed by atoms with E-state index in [0.29, 0.717) is 43.9 Å². The number of carbonyl (C=O) groups excluding carboxylic acids is 2. The van der Waals surface area contributed by atoms with Gasteiger partial charge in [-0.15, -0.1) is 11.3 Å². The zero-order valence-electron chi connectivity index (χ0n) is 19.0. The summed E-state index contributed by atoms with van der Waals surface area (Å²) in [5.41, 5.74) is 1.18. The molecule has 0 bridgehead atoms. The second kappa shape index (κ2) is 10.2. The minimum atomic E-state index is -3.99. The number of amides is 1. The molecule has 0 spiro atoms. The fraction of sp³-hybridized carbons (Fsp3) is 0.545. The molecule has 0 aliphatic carbocycles. The Balaban J connectivity index is 1.87. The van der Waals surface area contributed by atoms with Crippen LogP contribution in [0.4, 0.5) is 0 Å². The molecule has 0 aromatic carbocycles. The molecule has 8 nitrogen and oxygen atoms in total. The number of thiophene rings is 1. The fourth-order valence-corrected chi connectivity index (χ4v) is 6.94. The standard InChI is InChI=1S/C22H31N3O5S2/c1-5-25-15(3)19(22(27)30-6-2)20(16(25)4)32(28,29)24-11-7-9-17(14-24)21(26)23-13-18-10-8-12-31-18/h8,10,12,17H,5-7,9,11,13-14H2,1-4H3,(H,23,26)/t17-/m0/s1. The summed E-state index contributed by atoms with van der Waals surface area (Å²) in [6.45, 7) is 8.57. The Morgan fingerprint density at radius 3 is 2.62 bits per heavy atom. The first-order valence-electron chi connectivity index (χ1n) is 10.9. The van der Waals surface area contributed by atoms with Gasteiger partial charge in [0.15, 0.2) is 0 Å². The van der Waals surface area contributed by atoms with E-state index in [4.69, 9.17) is 4.74 Å². The summed E-state index contributed by atoms with van der Waals surface area (Å²) in [7, 11) is -3.99. The summed E-state index contributed by atoms with van der Waals surface area (Å²) in [5.74, 6) is -1.22. The van der Waals surface area contributed by atoms with Crippen molar-refractivity contribution in [2.45, 2.75) is 58.5 Å². The van der Waals surface area contributed by atoms with Crippen LogP contribution in [0.3, 0.4) is 0 Å². The van der Waals surface area contributed by atoms with Crippen LogP contribution in [-0.2, 0) is 32.6 Å². The second-order valence-corrected chi connectivity index (χ2v) is 10.7. The molecule has 1 fully saturated rings. The summed E-state index contributed by atoms with van der Waals surface area (Å²) in [4.78, 5) is 26.5. The summed E-state index contributed by atoms with van der Waals surface area (Å²) in [6.07, 6.45) is 1.21. The van der Waals surface area contributed by atoms with Gasteiger partial charge in [-0.05, 0) is 52.0 Å². The number of sulfonamides is 1. The number of carbonyl (C=O) groups is 2. The van der Waals surface area contributed by atoms with Crippen molar-refractivity contribution in [3.8, 4) is 0 Å². The Bertz CT molecular complexity index is 1070. The molecule has 3 rings (SSSR count). The normalized spacial score (nSPS) is 17.3. The van der Waals surface area contributed by atoms with Gasteiger partial charge in [-0.3, -0.25) is 4.79 Å². The van der Waals surface area contributed by atoms with E-state index >= 15 is 0 Å². The molecule has 1 N–H and O–H groups in total. The van der Waals surface area contributed by atoms with E-state index in [1.165, 1.54) is 4.31 Å². The Kier molecular flexibility index (Phi) is 7.79. The molecule has 1 atom stereocenters. The van der Waals surface area contributed by atoms with Crippen molar-refractivity contribution >= 4 is 33.2 Å². The number of piperidine rings is 1. The van der Waals surface area contributed by atoms with Crippen molar-refractivity contribution in [2.75, 3.05) is 19.7 Å². The molecule has 0 saturated carbocycles. The highest BCUT2D eigenvalue weighted by Gasteiger charge is 2.39. The first-order chi connectivity index (χ1) is 15.2. The van der Waals surface area contributed by atoms with Gasteiger partial charge in [0.2, 0.25) is 15.9 Å². The van der Waals surface area contributed by atoms with Crippen molar-refractivity contribution in [1.29, 1.82) is 0 Å². The molecule has 0 radical (unpaired) electrons. The lowest BCUT2D eigenvalue weighted by molar-refractivity contribution is -0.126. The van der Waals surface area contributed by atoms with Gasteiger partial charge in [0.25, 0.3) is 0 Å². The Hall–Kier alpha value is -2.17. The SMILES string of the molecule is CCOC(=O)c1c(S(=O)(=O)N2CCC[C@H](C(=O)NCc3cccs3)C2)c(C)n(CC)c1C.